The fourth-order valence-corrected chi connectivity index (χ4v) is 1.76. The van der Waals surface area contributed by atoms with E-state index in [9.17, 15) is 0 Å². The number of aliphatic imine (C=N–C) groups is 1. The molecule has 21 heavy (non-hydrogen) atoms. The van der Waals surface area contributed by atoms with E-state index in [0.29, 0.717) is 13.2 Å². The van der Waals surface area contributed by atoms with E-state index in [1.54, 1.807) is 7.11 Å². The van der Waals surface area contributed by atoms with Gasteiger partial charge >= 0.3 is 0 Å². The standard InChI is InChI=1S/C15H25N3O2.HI/c1-5-16-15(17-6-2)18-11-12-8-9-13(20-7-3)14(10-12)19-4;/h8-10H,5-7,11H2,1-4H3,(H2,16,17,18);1H. The van der Waals surface area contributed by atoms with Crippen LogP contribution in [0.25, 0.3) is 0 Å². The van der Waals surface area contributed by atoms with Crippen LogP contribution in [-0.2, 0) is 6.54 Å². The molecule has 0 aliphatic heterocycles. The van der Waals surface area contributed by atoms with Crippen LogP contribution >= 0.6 is 24.0 Å². The minimum Gasteiger partial charge on any atom is -0.493 e. The lowest BCUT2D eigenvalue weighted by Crippen LogP contribution is -2.36. The number of hydrogen-bond acceptors (Lipinski definition) is 3. The molecule has 1 aromatic rings. The molecule has 2 N–H and O–H groups in total. The summed E-state index contributed by atoms with van der Waals surface area (Å²) in [6, 6.07) is 5.89. The molecule has 0 spiro atoms. The SMILES string of the molecule is CCNC(=NCc1ccc(OCC)c(OC)c1)NCC.I. The number of guanidine groups is 1. The van der Waals surface area contributed by atoms with Gasteiger partial charge in [0, 0.05) is 13.1 Å². The van der Waals surface area contributed by atoms with Crippen LogP contribution in [0.5, 0.6) is 11.5 Å². The Morgan fingerprint density at radius 2 is 1.76 bits per heavy atom. The van der Waals surface area contributed by atoms with E-state index in [-0.39, 0.29) is 24.0 Å². The fourth-order valence-electron chi connectivity index (χ4n) is 1.76. The molecule has 5 nitrogen and oxygen atoms in total. The number of halogens is 1. The van der Waals surface area contributed by atoms with E-state index in [4.69, 9.17) is 9.47 Å². The summed E-state index contributed by atoms with van der Waals surface area (Å²) in [6.07, 6.45) is 0. The van der Waals surface area contributed by atoms with E-state index in [2.05, 4.69) is 15.6 Å². The smallest absolute Gasteiger partial charge is 0.191 e. The summed E-state index contributed by atoms with van der Waals surface area (Å²) in [5.41, 5.74) is 1.08. The molecule has 0 fully saturated rings. The van der Waals surface area contributed by atoms with Gasteiger partial charge in [0.1, 0.15) is 0 Å². The van der Waals surface area contributed by atoms with Crippen molar-refractivity contribution in [1.82, 2.24) is 10.6 Å². The molecule has 0 aliphatic rings. The van der Waals surface area contributed by atoms with Crippen molar-refractivity contribution in [2.45, 2.75) is 27.3 Å². The maximum absolute atomic E-state index is 5.50. The third kappa shape index (κ3) is 6.88. The van der Waals surface area contributed by atoms with Crippen molar-refractivity contribution in [1.29, 1.82) is 0 Å². The lowest BCUT2D eigenvalue weighted by Gasteiger charge is -2.11. The van der Waals surface area contributed by atoms with Crippen molar-refractivity contribution >= 4 is 29.9 Å². The number of ether oxygens (including phenoxy) is 2. The van der Waals surface area contributed by atoms with Crippen LogP contribution in [0.15, 0.2) is 23.2 Å². The van der Waals surface area contributed by atoms with Crippen molar-refractivity contribution < 1.29 is 9.47 Å². The first kappa shape index (κ1) is 19.8. The maximum Gasteiger partial charge on any atom is 0.191 e. The second kappa shape index (κ2) is 11.5. The van der Waals surface area contributed by atoms with E-state index in [0.717, 1.165) is 36.1 Å². The highest BCUT2D eigenvalue weighted by Gasteiger charge is 2.05. The molecule has 0 atom stereocenters. The van der Waals surface area contributed by atoms with Crippen molar-refractivity contribution in [3.05, 3.63) is 23.8 Å². The number of nitrogens with zero attached hydrogens (tertiary/aromatic N) is 1. The van der Waals surface area contributed by atoms with Gasteiger partial charge < -0.3 is 20.1 Å². The van der Waals surface area contributed by atoms with Gasteiger partial charge in [0.05, 0.1) is 20.3 Å². The van der Waals surface area contributed by atoms with Crippen LogP contribution in [0.1, 0.15) is 26.3 Å². The van der Waals surface area contributed by atoms with Gasteiger partial charge in [-0.3, -0.25) is 0 Å². The third-order valence-corrected chi connectivity index (χ3v) is 2.64. The molecule has 0 amide bonds. The number of hydrogen-bond donors (Lipinski definition) is 2. The molecule has 0 aromatic heterocycles. The summed E-state index contributed by atoms with van der Waals surface area (Å²) >= 11 is 0. The average molecular weight is 407 g/mol. The van der Waals surface area contributed by atoms with E-state index in [1.165, 1.54) is 0 Å². The second-order valence-electron chi connectivity index (χ2n) is 4.14. The largest absolute Gasteiger partial charge is 0.493 e. The molecule has 0 saturated heterocycles. The Kier molecular flexibility index (Phi) is 10.8. The highest BCUT2D eigenvalue weighted by Crippen LogP contribution is 2.28. The fraction of sp³-hybridized carbons (Fsp3) is 0.533. The van der Waals surface area contributed by atoms with Crippen molar-refractivity contribution in [3.8, 4) is 11.5 Å². The Morgan fingerprint density at radius 1 is 1.10 bits per heavy atom. The summed E-state index contributed by atoms with van der Waals surface area (Å²) in [5.74, 6) is 2.33. The van der Waals surface area contributed by atoms with E-state index >= 15 is 0 Å². The van der Waals surface area contributed by atoms with Gasteiger partial charge in [-0.15, -0.1) is 24.0 Å². The van der Waals surface area contributed by atoms with Crippen molar-refractivity contribution in [3.63, 3.8) is 0 Å². The summed E-state index contributed by atoms with van der Waals surface area (Å²) in [4.78, 5) is 4.52. The molecule has 1 aromatic carbocycles. The van der Waals surface area contributed by atoms with Gasteiger partial charge in [-0.1, -0.05) is 6.07 Å². The molecule has 6 heteroatoms. The summed E-state index contributed by atoms with van der Waals surface area (Å²) < 4.78 is 10.8. The first-order valence-corrected chi connectivity index (χ1v) is 7.07. The van der Waals surface area contributed by atoms with Crippen LogP contribution in [0, 0.1) is 0 Å². The monoisotopic (exact) mass is 407 g/mol. The molecule has 0 unspecified atom stereocenters. The number of nitrogens with one attached hydrogen (secondary N) is 2. The Labute approximate surface area is 144 Å². The van der Waals surface area contributed by atoms with Gasteiger partial charge in [-0.2, -0.15) is 0 Å². The molecule has 0 aliphatic carbocycles. The second-order valence-corrected chi connectivity index (χ2v) is 4.14. The van der Waals surface area contributed by atoms with E-state index < -0.39 is 0 Å². The minimum absolute atomic E-state index is 0. The Bertz CT molecular complexity index is 431. The topological polar surface area (TPSA) is 54.9 Å². The van der Waals surface area contributed by atoms with Crippen molar-refractivity contribution in [2.75, 3.05) is 26.8 Å². The highest BCUT2D eigenvalue weighted by atomic mass is 127. The minimum atomic E-state index is 0. The number of rotatable bonds is 7. The predicted octanol–water partition coefficient (Wildman–Crippen LogP) is 2.79. The maximum atomic E-state index is 5.50. The first-order chi connectivity index (χ1) is 9.74. The van der Waals surface area contributed by atoms with Gasteiger partial charge in [-0.25, -0.2) is 4.99 Å². The van der Waals surface area contributed by atoms with Crippen LogP contribution in [-0.4, -0.2) is 32.8 Å². The Hall–Kier alpha value is -1.18. The summed E-state index contributed by atoms with van der Waals surface area (Å²) in [5, 5.41) is 6.39. The number of methoxy groups -OCH3 is 1. The van der Waals surface area contributed by atoms with Gasteiger partial charge in [0.25, 0.3) is 0 Å². The zero-order valence-electron chi connectivity index (χ0n) is 13.2. The van der Waals surface area contributed by atoms with Crippen LogP contribution in [0.3, 0.4) is 0 Å². The number of benzene rings is 1. The lowest BCUT2D eigenvalue weighted by molar-refractivity contribution is 0.310. The average Bonchev–Trinajstić information content (AvgIpc) is 2.46. The van der Waals surface area contributed by atoms with Gasteiger partial charge in [0.15, 0.2) is 17.5 Å². The summed E-state index contributed by atoms with van der Waals surface area (Å²) in [6.45, 7) is 8.96. The first-order valence-electron chi connectivity index (χ1n) is 7.07. The molecule has 0 heterocycles. The van der Waals surface area contributed by atoms with Gasteiger partial charge in [-0.05, 0) is 38.5 Å². The van der Waals surface area contributed by atoms with Gasteiger partial charge in [0.2, 0.25) is 0 Å². The van der Waals surface area contributed by atoms with E-state index in [1.807, 2.05) is 39.0 Å². The molecule has 120 valence electrons. The quantitative estimate of drug-likeness (QED) is 0.415. The van der Waals surface area contributed by atoms with Crippen molar-refractivity contribution in [2.24, 2.45) is 4.99 Å². The van der Waals surface area contributed by atoms with Crippen LogP contribution in [0.4, 0.5) is 0 Å². The zero-order valence-corrected chi connectivity index (χ0v) is 15.6. The molecular formula is C15H26IN3O2. The lowest BCUT2D eigenvalue weighted by atomic mass is 10.2. The molecular weight excluding hydrogens is 381 g/mol. The Balaban J connectivity index is 0.00000400. The molecule has 1 rings (SSSR count). The molecule has 0 bridgehead atoms. The molecule has 0 radical (unpaired) electrons. The summed E-state index contributed by atoms with van der Waals surface area (Å²) in [7, 11) is 1.65. The Morgan fingerprint density at radius 3 is 2.29 bits per heavy atom. The van der Waals surface area contributed by atoms with Crippen LogP contribution < -0.4 is 20.1 Å². The normalized spacial score (nSPS) is 9.33. The third-order valence-electron chi connectivity index (χ3n) is 2.64. The van der Waals surface area contributed by atoms with Crippen LogP contribution in [0.2, 0.25) is 0 Å². The highest BCUT2D eigenvalue weighted by molar-refractivity contribution is 14.0. The zero-order chi connectivity index (χ0) is 14.8. The molecule has 0 saturated carbocycles. The predicted molar refractivity (Wildman–Crippen MR) is 98.1 cm³/mol.